The van der Waals surface area contributed by atoms with E-state index < -0.39 is 0 Å². The molecule has 4 aromatic rings. The molecule has 8 heteroatoms. The van der Waals surface area contributed by atoms with Crippen molar-refractivity contribution in [3.63, 3.8) is 0 Å². The van der Waals surface area contributed by atoms with Gasteiger partial charge in [-0.3, -0.25) is 9.59 Å². The minimum atomic E-state index is -0.294. The van der Waals surface area contributed by atoms with Gasteiger partial charge >= 0.3 is 0 Å². The molecule has 196 valence electrons. The van der Waals surface area contributed by atoms with Crippen LogP contribution in [0.1, 0.15) is 69.1 Å². The summed E-state index contributed by atoms with van der Waals surface area (Å²) >= 11 is 0. The summed E-state index contributed by atoms with van der Waals surface area (Å²) in [5.41, 5.74) is 4.55. The second kappa shape index (κ2) is 10.6. The van der Waals surface area contributed by atoms with Crippen LogP contribution in [0.5, 0.6) is 5.75 Å². The van der Waals surface area contributed by atoms with Crippen molar-refractivity contribution in [2.24, 2.45) is 0 Å². The van der Waals surface area contributed by atoms with E-state index >= 15 is 0 Å². The van der Waals surface area contributed by atoms with Crippen molar-refractivity contribution in [1.82, 2.24) is 14.8 Å². The molecule has 38 heavy (non-hydrogen) atoms. The van der Waals surface area contributed by atoms with Crippen LogP contribution in [0.4, 0.5) is 0 Å². The Labute approximate surface area is 221 Å². The monoisotopic (exact) mass is 513 g/mol. The normalized spacial score (nSPS) is 14.9. The smallest absolute Gasteiger partial charge is 0.290 e. The molecule has 1 aliphatic rings. The van der Waals surface area contributed by atoms with E-state index in [1.807, 2.05) is 62.1 Å². The number of ether oxygens (including phenoxy) is 1. The predicted molar refractivity (Wildman–Crippen MR) is 141 cm³/mol. The quantitative estimate of drug-likeness (QED) is 0.328. The fraction of sp³-hybridized carbons (Fsp3) is 0.300. The molecule has 0 unspecified atom stereocenters. The van der Waals surface area contributed by atoms with E-state index in [0.29, 0.717) is 23.9 Å². The Balaban J connectivity index is 1.41. The predicted octanol–water partition coefficient (Wildman–Crippen LogP) is 5.42. The van der Waals surface area contributed by atoms with Gasteiger partial charge < -0.3 is 23.4 Å². The largest absolute Gasteiger partial charge is 0.484 e. The third-order valence-electron chi connectivity index (χ3n) is 6.92. The van der Waals surface area contributed by atoms with E-state index in [9.17, 15) is 9.59 Å². The molecule has 1 aliphatic heterocycles. The van der Waals surface area contributed by atoms with E-state index in [0.717, 1.165) is 28.7 Å². The zero-order chi connectivity index (χ0) is 26.8. The number of carbonyl (C=O) groups excluding carboxylic acids is 2. The van der Waals surface area contributed by atoms with Gasteiger partial charge in [0.05, 0.1) is 12.3 Å². The molecule has 8 nitrogen and oxygen atoms in total. The van der Waals surface area contributed by atoms with Gasteiger partial charge in [-0.25, -0.2) is 4.98 Å². The molecule has 0 radical (unpaired) electrons. The fourth-order valence-corrected chi connectivity index (χ4v) is 4.68. The number of nitrogens with zero attached hydrogens (tertiary/aromatic N) is 3. The lowest BCUT2D eigenvalue weighted by atomic mass is 9.87. The van der Waals surface area contributed by atoms with Gasteiger partial charge in [0.1, 0.15) is 12.0 Å². The molecule has 0 saturated carbocycles. The first-order chi connectivity index (χ1) is 18.3. The Morgan fingerprint density at radius 2 is 1.97 bits per heavy atom. The van der Waals surface area contributed by atoms with E-state index in [-0.39, 0.29) is 36.2 Å². The number of furan rings is 1. The molecule has 0 N–H and O–H groups in total. The minimum Gasteiger partial charge on any atom is -0.484 e. The van der Waals surface area contributed by atoms with Crippen LogP contribution in [0.25, 0.3) is 0 Å². The van der Waals surface area contributed by atoms with Crippen LogP contribution in [0.2, 0.25) is 0 Å². The number of rotatable bonds is 7. The number of aromatic nitrogens is 1. The van der Waals surface area contributed by atoms with Gasteiger partial charge in [-0.15, -0.1) is 0 Å². The lowest BCUT2D eigenvalue weighted by Crippen LogP contribution is -2.40. The van der Waals surface area contributed by atoms with Crippen LogP contribution in [0, 0.1) is 6.92 Å². The summed E-state index contributed by atoms with van der Waals surface area (Å²) in [5, 5.41) is 0. The standard InChI is InChI=1S/C30H31N3O5/c1-19(2)32(4)29(34)25-17-38-27(31-25)18-37-23-11-10-21-12-13-33(30(35)26-9-6-14-36-26)28(24(21)16-23)22-8-5-7-20(3)15-22/h5-11,14-17,19,28H,12-13,18H2,1-4H3/t28-/m1/s1. The molecular formula is C30H31N3O5. The Hall–Kier alpha value is -4.33. The summed E-state index contributed by atoms with van der Waals surface area (Å²) in [4.78, 5) is 33.7. The van der Waals surface area contributed by atoms with E-state index in [4.69, 9.17) is 13.6 Å². The fourth-order valence-electron chi connectivity index (χ4n) is 4.68. The Kier molecular flexibility index (Phi) is 7.05. The second-order valence-electron chi connectivity index (χ2n) is 9.83. The van der Waals surface area contributed by atoms with Crippen molar-refractivity contribution >= 4 is 11.8 Å². The summed E-state index contributed by atoms with van der Waals surface area (Å²) in [6, 6.07) is 17.3. The third kappa shape index (κ3) is 5.07. The maximum atomic E-state index is 13.4. The molecule has 2 amide bonds. The van der Waals surface area contributed by atoms with Crippen LogP contribution in [-0.4, -0.2) is 46.2 Å². The summed E-state index contributed by atoms with van der Waals surface area (Å²) < 4.78 is 17.0. The van der Waals surface area contributed by atoms with Crippen molar-refractivity contribution < 1.29 is 23.2 Å². The maximum Gasteiger partial charge on any atom is 0.290 e. The van der Waals surface area contributed by atoms with Crippen LogP contribution in [0.15, 0.2) is 76.0 Å². The molecule has 5 rings (SSSR count). The van der Waals surface area contributed by atoms with E-state index in [1.54, 1.807) is 24.1 Å². The highest BCUT2D eigenvalue weighted by molar-refractivity contribution is 5.92. The van der Waals surface area contributed by atoms with Crippen LogP contribution >= 0.6 is 0 Å². The number of aryl methyl sites for hydroxylation is 1. The highest BCUT2D eigenvalue weighted by Crippen LogP contribution is 2.38. The lowest BCUT2D eigenvalue weighted by molar-refractivity contribution is 0.0661. The summed E-state index contributed by atoms with van der Waals surface area (Å²) in [7, 11) is 1.73. The van der Waals surface area contributed by atoms with Gasteiger partial charge in [-0.1, -0.05) is 35.9 Å². The molecule has 2 aromatic carbocycles. The van der Waals surface area contributed by atoms with Gasteiger partial charge in [0.2, 0.25) is 5.89 Å². The van der Waals surface area contributed by atoms with Crippen LogP contribution in [0.3, 0.4) is 0 Å². The molecular weight excluding hydrogens is 482 g/mol. The second-order valence-corrected chi connectivity index (χ2v) is 9.83. The van der Waals surface area contributed by atoms with Gasteiger partial charge in [0, 0.05) is 19.6 Å². The summed E-state index contributed by atoms with van der Waals surface area (Å²) in [5.74, 6) is 0.899. The molecule has 0 saturated heterocycles. The van der Waals surface area contributed by atoms with Crippen LogP contribution in [-0.2, 0) is 13.0 Å². The third-order valence-corrected chi connectivity index (χ3v) is 6.92. The number of hydrogen-bond acceptors (Lipinski definition) is 6. The lowest BCUT2D eigenvalue weighted by Gasteiger charge is -2.37. The SMILES string of the molecule is Cc1cccc([C@@H]2c3cc(OCc4nc(C(=O)N(C)C(C)C)co4)ccc3CCN2C(=O)c2ccco2)c1. The van der Waals surface area contributed by atoms with Crippen molar-refractivity contribution in [3.05, 3.63) is 107 Å². The molecule has 2 aromatic heterocycles. The number of benzene rings is 2. The van der Waals surface area contributed by atoms with Crippen molar-refractivity contribution in [1.29, 1.82) is 0 Å². The minimum absolute atomic E-state index is 0.0509. The average Bonchev–Trinajstić information content (AvgIpc) is 3.63. The summed E-state index contributed by atoms with van der Waals surface area (Å²) in [6.45, 7) is 6.56. The number of fused-ring (bicyclic) bond motifs is 1. The zero-order valence-electron chi connectivity index (χ0n) is 22.0. The number of oxazole rings is 1. The molecule has 0 fully saturated rings. The Morgan fingerprint density at radius 3 is 2.71 bits per heavy atom. The first-order valence-electron chi connectivity index (χ1n) is 12.7. The molecule has 0 aliphatic carbocycles. The van der Waals surface area contributed by atoms with E-state index in [1.165, 1.54) is 12.5 Å². The van der Waals surface area contributed by atoms with Crippen molar-refractivity contribution in [2.45, 2.75) is 45.9 Å². The topological polar surface area (TPSA) is 89.0 Å². The molecule has 3 heterocycles. The van der Waals surface area contributed by atoms with Gasteiger partial charge in [-0.2, -0.15) is 0 Å². The van der Waals surface area contributed by atoms with Crippen LogP contribution < -0.4 is 4.74 Å². The molecule has 1 atom stereocenters. The first kappa shape index (κ1) is 25.3. The van der Waals surface area contributed by atoms with Gasteiger partial charge in [0.15, 0.2) is 18.1 Å². The first-order valence-corrected chi connectivity index (χ1v) is 12.7. The highest BCUT2D eigenvalue weighted by atomic mass is 16.5. The number of amides is 2. The average molecular weight is 514 g/mol. The number of carbonyl (C=O) groups is 2. The van der Waals surface area contributed by atoms with Crippen molar-refractivity contribution in [2.75, 3.05) is 13.6 Å². The van der Waals surface area contributed by atoms with E-state index in [2.05, 4.69) is 11.1 Å². The number of hydrogen-bond donors (Lipinski definition) is 0. The Bertz CT molecular complexity index is 1440. The zero-order valence-corrected chi connectivity index (χ0v) is 22.0. The highest BCUT2D eigenvalue weighted by Gasteiger charge is 2.34. The van der Waals surface area contributed by atoms with Gasteiger partial charge in [0.25, 0.3) is 11.8 Å². The summed E-state index contributed by atoms with van der Waals surface area (Å²) in [6.07, 6.45) is 3.60. The maximum absolute atomic E-state index is 13.4. The van der Waals surface area contributed by atoms with Gasteiger partial charge in [-0.05, 0) is 68.1 Å². The molecule has 0 spiro atoms. The molecule has 0 bridgehead atoms. The van der Waals surface area contributed by atoms with Crippen molar-refractivity contribution in [3.8, 4) is 5.75 Å². The Morgan fingerprint density at radius 1 is 1.13 bits per heavy atom.